The van der Waals surface area contributed by atoms with E-state index in [1.807, 2.05) is 19.9 Å². The number of carbonyl (C=O) groups is 1. The zero-order chi connectivity index (χ0) is 15.9. The van der Waals surface area contributed by atoms with Crippen molar-refractivity contribution in [1.82, 2.24) is 10.2 Å². The van der Waals surface area contributed by atoms with Crippen molar-refractivity contribution in [2.45, 2.75) is 25.5 Å². The third kappa shape index (κ3) is 4.11. The van der Waals surface area contributed by atoms with Crippen molar-refractivity contribution in [2.24, 2.45) is 0 Å². The first-order valence-electron chi connectivity index (χ1n) is 6.79. The fraction of sp³-hybridized carbons (Fsp3) is 0.267. The molecule has 0 atom stereocenters. The third-order valence-electron chi connectivity index (χ3n) is 2.65. The predicted molar refractivity (Wildman–Crippen MR) is 80.1 cm³/mol. The first kappa shape index (κ1) is 16.1. The summed E-state index contributed by atoms with van der Waals surface area (Å²) >= 11 is 0.858. The summed E-state index contributed by atoms with van der Waals surface area (Å²) in [6.07, 6.45) is 2.06. The maximum atomic E-state index is 11.3. The highest BCUT2D eigenvalue weighted by molar-refractivity contribution is 8.03. The molecule has 1 aromatic carbocycles. The smallest absolute Gasteiger partial charge is 0.281 e. The Hall–Kier alpha value is -2.28. The number of ether oxygens (including phenoxy) is 1. The Kier molecular flexibility index (Phi) is 5.60. The molecule has 0 aliphatic rings. The minimum absolute atomic E-state index is 0.0292. The molecule has 2 aromatic rings. The molecule has 7 heteroatoms. The zero-order valence-corrected chi connectivity index (χ0v) is 13.1. The summed E-state index contributed by atoms with van der Waals surface area (Å²) in [5.41, 5.74) is 0.645. The van der Waals surface area contributed by atoms with E-state index in [1.165, 1.54) is 6.08 Å². The first-order chi connectivity index (χ1) is 10.6. The molecule has 1 aromatic heterocycles. The standard InChI is InChI=1S/C15H16N2O4S/c1-3-13-16-17-15(21-13)22-12(14(18)19)9-10-7-5-6-8-11(10)20-4-2/h5-9H,3-4H2,1-2H3,(H,18,19)/p-1/b12-9-. The Labute approximate surface area is 132 Å². The van der Waals surface area contributed by atoms with Gasteiger partial charge in [0.2, 0.25) is 5.89 Å². The van der Waals surface area contributed by atoms with Gasteiger partial charge in [-0.3, -0.25) is 0 Å². The van der Waals surface area contributed by atoms with E-state index in [4.69, 9.17) is 9.15 Å². The highest BCUT2D eigenvalue weighted by atomic mass is 32.2. The molecule has 116 valence electrons. The molecule has 6 nitrogen and oxygen atoms in total. The molecule has 1 heterocycles. The Morgan fingerprint density at radius 3 is 2.77 bits per heavy atom. The van der Waals surface area contributed by atoms with Crippen molar-refractivity contribution in [2.75, 3.05) is 6.61 Å². The maximum absolute atomic E-state index is 11.3. The van der Waals surface area contributed by atoms with Crippen LogP contribution < -0.4 is 9.84 Å². The van der Waals surface area contributed by atoms with Crippen LogP contribution in [0.4, 0.5) is 0 Å². The van der Waals surface area contributed by atoms with Crippen molar-refractivity contribution >= 4 is 23.8 Å². The van der Waals surface area contributed by atoms with E-state index in [-0.39, 0.29) is 10.1 Å². The number of carbonyl (C=O) groups excluding carboxylic acids is 1. The first-order valence-corrected chi connectivity index (χ1v) is 7.60. The van der Waals surface area contributed by atoms with Crippen LogP contribution in [0.25, 0.3) is 6.08 Å². The highest BCUT2D eigenvalue weighted by Gasteiger charge is 2.11. The topological polar surface area (TPSA) is 88.3 Å². The normalized spacial score (nSPS) is 11.5. The van der Waals surface area contributed by atoms with Crippen LogP contribution in [0.3, 0.4) is 0 Å². The van der Waals surface area contributed by atoms with E-state index in [1.54, 1.807) is 18.2 Å². The number of nitrogens with zero attached hydrogens (tertiary/aromatic N) is 2. The second-order valence-corrected chi connectivity index (χ2v) is 5.18. The molecule has 22 heavy (non-hydrogen) atoms. The average Bonchev–Trinajstić information content (AvgIpc) is 2.96. The number of rotatable bonds is 7. The molecular formula is C15H15N2O4S-. The minimum atomic E-state index is -1.31. The number of aliphatic carboxylic acids is 1. The van der Waals surface area contributed by atoms with Crippen molar-refractivity contribution in [3.05, 3.63) is 40.6 Å². The van der Waals surface area contributed by atoms with Gasteiger partial charge >= 0.3 is 0 Å². The number of aryl methyl sites for hydroxylation is 1. The highest BCUT2D eigenvalue weighted by Crippen LogP contribution is 2.29. The van der Waals surface area contributed by atoms with E-state index in [0.717, 1.165) is 11.8 Å². The number of hydrogen-bond acceptors (Lipinski definition) is 7. The van der Waals surface area contributed by atoms with Gasteiger partial charge in [-0.05, 0) is 30.8 Å². The van der Waals surface area contributed by atoms with Gasteiger partial charge in [-0.2, -0.15) is 0 Å². The average molecular weight is 319 g/mol. The van der Waals surface area contributed by atoms with Crippen LogP contribution in [-0.4, -0.2) is 22.8 Å². The lowest BCUT2D eigenvalue weighted by atomic mass is 10.2. The van der Waals surface area contributed by atoms with Gasteiger partial charge in [0.05, 0.1) is 12.6 Å². The quantitative estimate of drug-likeness (QED) is 0.569. The van der Waals surface area contributed by atoms with Gasteiger partial charge in [0, 0.05) is 16.9 Å². The molecule has 0 bridgehead atoms. The molecule has 0 saturated heterocycles. The molecular weight excluding hydrogens is 304 g/mol. The van der Waals surface area contributed by atoms with E-state index in [9.17, 15) is 9.90 Å². The summed E-state index contributed by atoms with van der Waals surface area (Å²) in [7, 11) is 0. The molecule has 0 unspecified atom stereocenters. The van der Waals surface area contributed by atoms with Crippen LogP contribution in [0.1, 0.15) is 25.3 Å². The van der Waals surface area contributed by atoms with Gasteiger partial charge in [0.1, 0.15) is 5.75 Å². The number of aromatic nitrogens is 2. The van der Waals surface area contributed by atoms with Gasteiger partial charge in [-0.1, -0.05) is 25.1 Å². The Morgan fingerprint density at radius 1 is 1.36 bits per heavy atom. The lowest BCUT2D eigenvalue weighted by molar-refractivity contribution is -0.298. The largest absolute Gasteiger partial charge is 0.544 e. The van der Waals surface area contributed by atoms with Gasteiger partial charge in [0.25, 0.3) is 5.22 Å². The second kappa shape index (κ2) is 7.65. The summed E-state index contributed by atoms with van der Waals surface area (Å²) < 4.78 is 10.8. The van der Waals surface area contributed by atoms with Gasteiger partial charge < -0.3 is 19.1 Å². The second-order valence-electron chi connectivity index (χ2n) is 4.18. The fourth-order valence-electron chi connectivity index (χ4n) is 1.67. The van der Waals surface area contributed by atoms with Crippen LogP contribution >= 0.6 is 11.8 Å². The van der Waals surface area contributed by atoms with Gasteiger partial charge in [-0.15, -0.1) is 10.2 Å². The molecule has 0 aliphatic carbocycles. The number of carboxylic acids is 1. The summed E-state index contributed by atoms with van der Waals surface area (Å²) in [5, 5.41) is 19.1. The van der Waals surface area contributed by atoms with Gasteiger partial charge in [0.15, 0.2) is 0 Å². The van der Waals surface area contributed by atoms with Crippen LogP contribution in [0.5, 0.6) is 5.75 Å². The van der Waals surface area contributed by atoms with Crippen molar-refractivity contribution in [1.29, 1.82) is 0 Å². The number of benzene rings is 1. The Balaban J connectivity index is 2.29. The van der Waals surface area contributed by atoms with E-state index in [0.29, 0.717) is 30.2 Å². The van der Waals surface area contributed by atoms with Gasteiger partial charge in [-0.25, -0.2) is 0 Å². The van der Waals surface area contributed by atoms with Crippen LogP contribution in [0, 0.1) is 0 Å². The van der Waals surface area contributed by atoms with E-state index >= 15 is 0 Å². The minimum Gasteiger partial charge on any atom is -0.544 e. The molecule has 2 rings (SSSR count). The summed E-state index contributed by atoms with van der Waals surface area (Å²) in [6, 6.07) is 7.15. The molecule has 0 amide bonds. The summed E-state index contributed by atoms with van der Waals surface area (Å²) in [5.74, 6) is -0.258. The predicted octanol–water partition coefficient (Wildman–Crippen LogP) is 1.91. The Morgan fingerprint density at radius 2 is 2.14 bits per heavy atom. The monoisotopic (exact) mass is 319 g/mol. The number of para-hydroxylation sites is 1. The third-order valence-corrected chi connectivity index (χ3v) is 3.50. The number of hydrogen-bond donors (Lipinski definition) is 0. The molecule has 0 radical (unpaired) electrons. The molecule has 0 fully saturated rings. The molecule has 0 spiro atoms. The van der Waals surface area contributed by atoms with Crippen LogP contribution in [0.2, 0.25) is 0 Å². The SMILES string of the molecule is CCOc1ccccc1/C=C(\Sc1nnc(CC)o1)C(=O)[O-]. The molecule has 0 N–H and O–H groups in total. The lowest BCUT2D eigenvalue weighted by Crippen LogP contribution is -2.23. The molecule has 0 aliphatic heterocycles. The maximum Gasteiger partial charge on any atom is 0.281 e. The summed E-state index contributed by atoms with van der Waals surface area (Å²) in [4.78, 5) is 11.3. The number of carboxylic acid groups (broad SMARTS) is 1. The van der Waals surface area contributed by atoms with Crippen molar-refractivity contribution < 1.29 is 19.1 Å². The van der Waals surface area contributed by atoms with Crippen LogP contribution in [0.15, 0.2) is 38.8 Å². The Bertz CT molecular complexity index is 682. The fourth-order valence-corrected chi connectivity index (χ4v) is 2.35. The van der Waals surface area contributed by atoms with E-state index < -0.39 is 5.97 Å². The lowest BCUT2D eigenvalue weighted by Gasteiger charge is -2.09. The zero-order valence-electron chi connectivity index (χ0n) is 12.2. The van der Waals surface area contributed by atoms with Crippen molar-refractivity contribution in [3.63, 3.8) is 0 Å². The summed E-state index contributed by atoms with van der Waals surface area (Å²) in [6.45, 7) is 4.22. The van der Waals surface area contributed by atoms with Crippen molar-refractivity contribution in [3.8, 4) is 5.75 Å². The number of thioether (sulfide) groups is 1. The molecule has 0 saturated carbocycles. The van der Waals surface area contributed by atoms with Crippen LogP contribution in [-0.2, 0) is 11.2 Å². The van der Waals surface area contributed by atoms with E-state index in [2.05, 4.69) is 10.2 Å².